The van der Waals surface area contributed by atoms with Crippen LogP contribution in [-0.4, -0.2) is 61.0 Å². The Labute approximate surface area is 117 Å². The molecule has 0 spiro atoms. The van der Waals surface area contributed by atoms with Crippen LogP contribution in [0.1, 0.15) is 45.4 Å². The highest BCUT2D eigenvalue weighted by molar-refractivity contribution is 4.94. The second-order valence-corrected chi connectivity index (χ2v) is 6.31. The van der Waals surface area contributed by atoms with Gasteiger partial charge in [0.05, 0.1) is 13.2 Å². The number of aliphatic hydroxyl groups excluding tert-OH is 1. The zero-order chi connectivity index (χ0) is 13.7. The Morgan fingerprint density at radius 3 is 2.68 bits per heavy atom. The van der Waals surface area contributed by atoms with Crippen molar-refractivity contribution in [1.29, 1.82) is 0 Å². The summed E-state index contributed by atoms with van der Waals surface area (Å²) in [5, 5.41) is 13.4. The number of hydrogen-bond acceptors (Lipinski definition) is 4. The zero-order valence-corrected chi connectivity index (χ0v) is 12.5. The van der Waals surface area contributed by atoms with Gasteiger partial charge in [-0.25, -0.2) is 0 Å². The molecular formula is C15H30N2O2. The number of likely N-dealkylation sites (N-methyl/N-ethyl adjacent to an activating group) is 1. The first-order chi connectivity index (χ1) is 9.19. The predicted octanol–water partition coefficient (Wildman–Crippen LogP) is 1.38. The highest BCUT2D eigenvalue weighted by Crippen LogP contribution is 2.27. The van der Waals surface area contributed by atoms with Crippen LogP contribution >= 0.6 is 0 Å². The molecule has 1 saturated carbocycles. The molecule has 0 bridgehead atoms. The highest BCUT2D eigenvalue weighted by Gasteiger charge is 2.34. The summed E-state index contributed by atoms with van der Waals surface area (Å²) in [6.45, 7) is 5.34. The van der Waals surface area contributed by atoms with E-state index in [0.717, 1.165) is 45.4 Å². The van der Waals surface area contributed by atoms with Crippen molar-refractivity contribution in [3.05, 3.63) is 0 Å². The topological polar surface area (TPSA) is 44.7 Å². The lowest BCUT2D eigenvalue weighted by molar-refractivity contribution is 0.129. The van der Waals surface area contributed by atoms with Gasteiger partial charge >= 0.3 is 0 Å². The van der Waals surface area contributed by atoms with Crippen LogP contribution in [0.5, 0.6) is 0 Å². The third-order valence-electron chi connectivity index (χ3n) is 4.76. The summed E-state index contributed by atoms with van der Waals surface area (Å²) < 4.78 is 5.43. The van der Waals surface area contributed by atoms with Gasteiger partial charge < -0.3 is 20.1 Å². The fraction of sp³-hybridized carbons (Fsp3) is 1.00. The predicted molar refractivity (Wildman–Crippen MR) is 77.4 cm³/mol. The average molecular weight is 270 g/mol. The Morgan fingerprint density at radius 2 is 2.16 bits per heavy atom. The number of rotatable bonds is 9. The molecule has 1 saturated heterocycles. The van der Waals surface area contributed by atoms with Gasteiger partial charge in [-0.1, -0.05) is 6.92 Å². The van der Waals surface area contributed by atoms with Crippen LogP contribution in [0.3, 0.4) is 0 Å². The second kappa shape index (κ2) is 7.02. The van der Waals surface area contributed by atoms with Crippen LogP contribution in [0.15, 0.2) is 0 Å². The van der Waals surface area contributed by atoms with Crippen LogP contribution in [-0.2, 0) is 4.74 Å². The largest absolute Gasteiger partial charge is 0.394 e. The molecule has 112 valence electrons. The van der Waals surface area contributed by atoms with Gasteiger partial charge in [0.15, 0.2) is 0 Å². The van der Waals surface area contributed by atoms with Crippen molar-refractivity contribution < 1.29 is 9.84 Å². The summed E-state index contributed by atoms with van der Waals surface area (Å²) in [6.07, 6.45) is 6.93. The molecule has 0 aromatic carbocycles. The maximum atomic E-state index is 9.73. The Hall–Kier alpha value is -0.160. The van der Waals surface area contributed by atoms with Gasteiger partial charge in [0.25, 0.3) is 0 Å². The number of aliphatic hydroxyl groups is 1. The van der Waals surface area contributed by atoms with Gasteiger partial charge in [-0.05, 0) is 52.1 Å². The Morgan fingerprint density at radius 1 is 1.37 bits per heavy atom. The van der Waals surface area contributed by atoms with Crippen LogP contribution < -0.4 is 5.32 Å². The van der Waals surface area contributed by atoms with Gasteiger partial charge in [-0.2, -0.15) is 0 Å². The van der Waals surface area contributed by atoms with Gasteiger partial charge in [0, 0.05) is 24.2 Å². The molecule has 2 aliphatic rings. The van der Waals surface area contributed by atoms with Crippen molar-refractivity contribution in [2.75, 3.05) is 33.4 Å². The summed E-state index contributed by atoms with van der Waals surface area (Å²) in [5.41, 5.74) is -0.0474. The van der Waals surface area contributed by atoms with Gasteiger partial charge in [0.1, 0.15) is 0 Å². The quantitative estimate of drug-likeness (QED) is 0.664. The summed E-state index contributed by atoms with van der Waals surface area (Å²) in [4.78, 5) is 2.42. The third kappa shape index (κ3) is 4.42. The van der Waals surface area contributed by atoms with E-state index in [1.54, 1.807) is 0 Å². The molecule has 0 aromatic heterocycles. The van der Waals surface area contributed by atoms with Crippen molar-refractivity contribution in [1.82, 2.24) is 10.2 Å². The van der Waals surface area contributed by atoms with Crippen LogP contribution in [0, 0.1) is 0 Å². The van der Waals surface area contributed by atoms with E-state index in [-0.39, 0.29) is 12.1 Å². The van der Waals surface area contributed by atoms with Gasteiger partial charge in [-0.15, -0.1) is 0 Å². The lowest BCUT2D eigenvalue weighted by atomic mass is 9.90. The average Bonchev–Trinajstić information content (AvgIpc) is 3.07. The molecule has 0 aromatic rings. The normalized spacial score (nSPS) is 26.8. The molecule has 2 unspecified atom stereocenters. The minimum Gasteiger partial charge on any atom is -0.394 e. The van der Waals surface area contributed by atoms with Crippen LogP contribution in [0.25, 0.3) is 0 Å². The molecule has 19 heavy (non-hydrogen) atoms. The van der Waals surface area contributed by atoms with E-state index >= 15 is 0 Å². The van der Waals surface area contributed by atoms with Crippen molar-refractivity contribution in [3.63, 3.8) is 0 Å². The van der Waals surface area contributed by atoms with Crippen molar-refractivity contribution in [2.45, 2.75) is 63.1 Å². The molecular weight excluding hydrogens is 240 g/mol. The molecule has 0 amide bonds. The number of nitrogens with one attached hydrogen (secondary N) is 1. The van der Waals surface area contributed by atoms with E-state index in [2.05, 4.69) is 24.2 Å². The van der Waals surface area contributed by atoms with E-state index in [1.807, 2.05) is 0 Å². The molecule has 4 heteroatoms. The molecule has 1 aliphatic carbocycles. The lowest BCUT2D eigenvalue weighted by Crippen LogP contribution is -2.49. The summed E-state index contributed by atoms with van der Waals surface area (Å²) >= 11 is 0. The standard InChI is InChI=1S/C15H30N2O2/c1-3-15(12-18,16-13-5-6-13)8-4-9-17(2)14-7-10-19-11-14/h13-14,16,18H,3-12H2,1-2H3. The van der Waals surface area contributed by atoms with Gasteiger partial charge in [-0.3, -0.25) is 0 Å². The maximum Gasteiger partial charge on any atom is 0.0622 e. The van der Waals surface area contributed by atoms with Crippen molar-refractivity contribution in [2.24, 2.45) is 0 Å². The van der Waals surface area contributed by atoms with E-state index < -0.39 is 0 Å². The Kier molecular flexibility index (Phi) is 5.63. The molecule has 2 atom stereocenters. The van der Waals surface area contributed by atoms with Crippen molar-refractivity contribution in [3.8, 4) is 0 Å². The molecule has 2 fully saturated rings. The fourth-order valence-corrected chi connectivity index (χ4v) is 2.97. The first-order valence-corrected chi connectivity index (χ1v) is 7.85. The Balaban J connectivity index is 1.71. The highest BCUT2D eigenvalue weighted by atomic mass is 16.5. The van der Waals surface area contributed by atoms with Crippen LogP contribution in [0.4, 0.5) is 0 Å². The van der Waals surface area contributed by atoms with Crippen LogP contribution in [0.2, 0.25) is 0 Å². The third-order valence-corrected chi connectivity index (χ3v) is 4.76. The maximum absolute atomic E-state index is 9.73. The minimum atomic E-state index is -0.0474. The molecule has 0 radical (unpaired) electrons. The number of nitrogens with zero attached hydrogens (tertiary/aromatic N) is 1. The first kappa shape index (κ1) is 15.2. The monoisotopic (exact) mass is 270 g/mol. The SMILES string of the molecule is CCC(CO)(CCCN(C)C1CCOC1)NC1CC1. The molecule has 1 heterocycles. The summed E-state index contributed by atoms with van der Waals surface area (Å²) in [7, 11) is 2.19. The molecule has 4 nitrogen and oxygen atoms in total. The van der Waals surface area contributed by atoms with E-state index in [9.17, 15) is 5.11 Å². The smallest absolute Gasteiger partial charge is 0.0622 e. The van der Waals surface area contributed by atoms with Crippen molar-refractivity contribution >= 4 is 0 Å². The van der Waals surface area contributed by atoms with E-state index in [1.165, 1.54) is 12.8 Å². The summed E-state index contributed by atoms with van der Waals surface area (Å²) in [6, 6.07) is 1.26. The molecule has 2 N–H and O–H groups in total. The Bertz CT molecular complexity index is 259. The first-order valence-electron chi connectivity index (χ1n) is 7.85. The molecule has 2 rings (SSSR count). The lowest BCUT2D eigenvalue weighted by Gasteiger charge is -2.33. The fourth-order valence-electron chi connectivity index (χ4n) is 2.97. The van der Waals surface area contributed by atoms with Gasteiger partial charge in [0.2, 0.25) is 0 Å². The zero-order valence-electron chi connectivity index (χ0n) is 12.5. The minimum absolute atomic E-state index is 0.0474. The summed E-state index contributed by atoms with van der Waals surface area (Å²) in [5.74, 6) is 0. The molecule has 1 aliphatic heterocycles. The van der Waals surface area contributed by atoms with E-state index in [4.69, 9.17) is 4.74 Å². The van der Waals surface area contributed by atoms with E-state index in [0.29, 0.717) is 12.1 Å². The number of hydrogen-bond donors (Lipinski definition) is 2. The number of ether oxygens (including phenoxy) is 1. The second-order valence-electron chi connectivity index (χ2n) is 6.31.